The topological polar surface area (TPSA) is 61.9 Å². The Labute approximate surface area is 158 Å². The highest BCUT2D eigenvalue weighted by molar-refractivity contribution is 5.99. The molecule has 27 heavy (non-hydrogen) atoms. The Bertz CT molecular complexity index is 873. The van der Waals surface area contributed by atoms with Crippen molar-refractivity contribution in [3.8, 4) is 5.75 Å². The minimum absolute atomic E-state index is 0.00788. The van der Waals surface area contributed by atoms with Gasteiger partial charge in [0.25, 0.3) is 11.8 Å². The number of fused-ring (bicyclic) bond motifs is 1. The van der Waals surface area contributed by atoms with Gasteiger partial charge in [-0.2, -0.15) is 0 Å². The van der Waals surface area contributed by atoms with Crippen LogP contribution in [-0.4, -0.2) is 54.4 Å². The van der Waals surface area contributed by atoms with Crippen LogP contribution in [-0.2, 0) is 11.3 Å². The maximum Gasteiger partial charge on any atom is 0.262 e. The molecule has 4 rings (SSSR count). The number of ether oxygens (including phenoxy) is 1. The van der Waals surface area contributed by atoms with Crippen molar-refractivity contribution in [3.05, 3.63) is 59.2 Å². The Hall–Kier alpha value is -2.86. The standard InChI is InChI=1S/C21H23N3O3/c1-15-3-2-4-16(11-15)13-23-7-9-24(10-8-23)21(26)17-5-6-18-19(12-17)27-14-20(25)22-18/h2-6,11-12H,7-10,13-14H2,1H3,(H,22,25). The highest BCUT2D eigenvalue weighted by Crippen LogP contribution is 2.29. The first-order valence-corrected chi connectivity index (χ1v) is 9.22. The second-order valence-electron chi connectivity index (χ2n) is 7.11. The molecular formula is C21H23N3O3. The molecule has 0 unspecified atom stereocenters. The molecule has 1 saturated heterocycles. The maximum absolute atomic E-state index is 12.8. The van der Waals surface area contributed by atoms with Crippen molar-refractivity contribution in [3.63, 3.8) is 0 Å². The molecule has 0 spiro atoms. The summed E-state index contributed by atoms with van der Waals surface area (Å²) in [6, 6.07) is 13.7. The van der Waals surface area contributed by atoms with Gasteiger partial charge >= 0.3 is 0 Å². The van der Waals surface area contributed by atoms with E-state index >= 15 is 0 Å². The predicted molar refractivity (Wildman–Crippen MR) is 103 cm³/mol. The van der Waals surface area contributed by atoms with E-state index in [4.69, 9.17) is 4.74 Å². The molecule has 0 bridgehead atoms. The van der Waals surface area contributed by atoms with Gasteiger partial charge in [-0.15, -0.1) is 0 Å². The number of nitrogens with one attached hydrogen (secondary N) is 1. The molecule has 140 valence electrons. The Kier molecular flexibility index (Phi) is 4.81. The summed E-state index contributed by atoms with van der Waals surface area (Å²) in [7, 11) is 0. The van der Waals surface area contributed by atoms with E-state index in [1.165, 1.54) is 11.1 Å². The molecule has 1 N–H and O–H groups in total. The van der Waals surface area contributed by atoms with Crippen molar-refractivity contribution >= 4 is 17.5 Å². The average molecular weight is 365 g/mol. The van der Waals surface area contributed by atoms with Crippen LogP contribution in [0.15, 0.2) is 42.5 Å². The Morgan fingerprint density at radius 3 is 2.70 bits per heavy atom. The molecule has 2 aliphatic heterocycles. The number of amides is 2. The van der Waals surface area contributed by atoms with E-state index in [0.717, 1.165) is 19.6 Å². The van der Waals surface area contributed by atoms with Crippen LogP contribution in [0, 0.1) is 6.92 Å². The van der Waals surface area contributed by atoms with Crippen LogP contribution in [0.4, 0.5) is 5.69 Å². The van der Waals surface area contributed by atoms with E-state index in [2.05, 4.69) is 41.4 Å². The lowest BCUT2D eigenvalue weighted by atomic mass is 10.1. The van der Waals surface area contributed by atoms with E-state index in [-0.39, 0.29) is 18.4 Å². The van der Waals surface area contributed by atoms with Crippen LogP contribution in [0.2, 0.25) is 0 Å². The van der Waals surface area contributed by atoms with Gasteiger partial charge in [-0.25, -0.2) is 0 Å². The number of anilines is 1. The number of nitrogens with zero attached hydrogens (tertiary/aromatic N) is 2. The fourth-order valence-corrected chi connectivity index (χ4v) is 3.57. The van der Waals surface area contributed by atoms with Gasteiger partial charge < -0.3 is 15.0 Å². The van der Waals surface area contributed by atoms with Gasteiger partial charge in [0.05, 0.1) is 5.69 Å². The minimum atomic E-state index is -0.175. The third-order valence-electron chi connectivity index (χ3n) is 5.01. The third-order valence-corrected chi connectivity index (χ3v) is 5.01. The fourth-order valence-electron chi connectivity index (χ4n) is 3.57. The monoisotopic (exact) mass is 365 g/mol. The summed E-state index contributed by atoms with van der Waals surface area (Å²) in [4.78, 5) is 28.4. The molecule has 0 atom stereocenters. The molecule has 2 aliphatic rings. The molecule has 0 aromatic heterocycles. The zero-order chi connectivity index (χ0) is 18.8. The molecule has 2 amide bonds. The maximum atomic E-state index is 12.8. The van der Waals surface area contributed by atoms with Crippen LogP contribution in [0.1, 0.15) is 21.5 Å². The molecule has 6 heteroatoms. The molecule has 0 aliphatic carbocycles. The second kappa shape index (κ2) is 7.40. The SMILES string of the molecule is Cc1cccc(CN2CCN(C(=O)c3ccc4c(c3)OCC(=O)N4)CC2)c1. The van der Waals surface area contributed by atoms with Crippen molar-refractivity contribution in [1.29, 1.82) is 0 Å². The number of carbonyl (C=O) groups excluding carboxylic acids is 2. The lowest BCUT2D eigenvalue weighted by Crippen LogP contribution is -2.48. The van der Waals surface area contributed by atoms with Gasteiger partial charge in [0.1, 0.15) is 5.75 Å². The summed E-state index contributed by atoms with van der Waals surface area (Å²) < 4.78 is 5.42. The molecule has 2 heterocycles. The van der Waals surface area contributed by atoms with Gasteiger partial charge in [0.15, 0.2) is 6.61 Å². The Balaban J connectivity index is 1.37. The van der Waals surface area contributed by atoms with Gasteiger partial charge in [-0.05, 0) is 30.7 Å². The highest BCUT2D eigenvalue weighted by atomic mass is 16.5. The largest absolute Gasteiger partial charge is 0.482 e. The van der Waals surface area contributed by atoms with Crippen LogP contribution in [0.25, 0.3) is 0 Å². The molecule has 0 saturated carbocycles. The Morgan fingerprint density at radius 1 is 1.11 bits per heavy atom. The number of aryl methyl sites for hydroxylation is 1. The van der Waals surface area contributed by atoms with Crippen molar-refractivity contribution in [2.75, 3.05) is 38.1 Å². The van der Waals surface area contributed by atoms with E-state index in [9.17, 15) is 9.59 Å². The van der Waals surface area contributed by atoms with E-state index in [1.54, 1.807) is 18.2 Å². The number of rotatable bonds is 3. The van der Waals surface area contributed by atoms with Gasteiger partial charge in [-0.3, -0.25) is 14.5 Å². The smallest absolute Gasteiger partial charge is 0.262 e. The molecule has 1 fully saturated rings. The molecule has 6 nitrogen and oxygen atoms in total. The van der Waals surface area contributed by atoms with Crippen LogP contribution in [0.5, 0.6) is 5.75 Å². The Morgan fingerprint density at radius 2 is 1.93 bits per heavy atom. The van der Waals surface area contributed by atoms with Crippen LogP contribution >= 0.6 is 0 Å². The summed E-state index contributed by atoms with van der Waals surface area (Å²) in [5.74, 6) is 0.387. The number of benzene rings is 2. The summed E-state index contributed by atoms with van der Waals surface area (Å²) in [6.45, 7) is 6.14. The van der Waals surface area contributed by atoms with Crippen molar-refractivity contribution in [1.82, 2.24) is 9.80 Å². The second-order valence-corrected chi connectivity index (χ2v) is 7.11. The number of hydrogen-bond donors (Lipinski definition) is 1. The van der Waals surface area contributed by atoms with E-state index in [1.807, 2.05) is 4.90 Å². The first-order chi connectivity index (χ1) is 13.1. The number of carbonyl (C=O) groups is 2. The number of hydrogen-bond acceptors (Lipinski definition) is 4. The summed E-state index contributed by atoms with van der Waals surface area (Å²) in [5, 5.41) is 2.74. The zero-order valence-corrected chi connectivity index (χ0v) is 15.4. The van der Waals surface area contributed by atoms with Crippen molar-refractivity contribution < 1.29 is 14.3 Å². The molecular weight excluding hydrogens is 342 g/mol. The summed E-state index contributed by atoms with van der Waals surface area (Å²) in [5.41, 5.74) is 3.79. The average Bonchev–Trinajstić information content (AvgIpc) is 2.68. The van der Waals surface area contributed by atoms with Crippen LogP contribution in [0.3, 0.4) is 0 Å². The fraction of sp³-hybridized carbons (Fsp3) is 0.333. The zero-order valence-electron chi connectivity index (χ0n) is 15.4. The molecule has 2 aromatic rings. The van der Waals surface area contributed by atoms with Crippen LogP contribution < -0.4 is 10.1 Å². The quantitative estimate of drug-likeness (QED) is 0.907. The predicted octanol–water partition coefficient (Wildman–Crippen LogP) is 2.28. The van der Waals surface area contributed by atoms with Gasteiger partial charge in [0, 0.05) is 38.3 Å². The molecule has 0 radical (unpaired) electrons. The highest BCUT2D eigenvalue weighted by Gasteiger charge is 2.24. The first kappa shape index (κ1) is 17.5. The normalized spacial score (nSPS) is 17.1. The van der Waals surface area contributed by atoms with Gasteiger partial charge in [-0.1, -0.05) is 29.8 Å². The summed E-state index contributed by atoms with van der Waals surface area (Å²) in [6.07, 6.45) is 0. The van der Waals surface area contributed by atoms with Gasteiger partial charge in [0.2, 0.25) is 0 Å². The van der Waals surface area contributed by atoms with E-state index < -0.39 is 0 Å². The number of piperazine rings is 1. The van der Waals surface area contributed by atoms with Crippen molar-refractivity contribution in [2.45, 2.75) is 13.5 Å². The van der Waals surface area contributed by atoms with E-state index in [0.29, 0.717) is 30.1 Å². The third kappa shape index (κ3) is 3.95. The van der Waals surface area contributed by atoms with Crippen molar-refractivity contribution in [2.24, 2.45) is 0 Å². The first-order valence-electron chi connectivity index (χ1n) is 9.22. The lowest BCUT2D eigenvalue weighted by molar-refractivity contribution is -0.118. The summed E-state index contributed by atoms with van der Waals surface area (Å²) >= 11 is 0. The minimum Gasteiger partial charge on any atom is -0.482 e. The molecule has 2 aromatic carbocycles. The lowest BCUT2D eigenvalue weighted by Gasteiger charge is -2.35.